The summed E-state index contributed by atoms with van der Waals surface area (Å²) in [4.78, 5) is 26.9. The highest BCUT2D eigenvalue weighted by molar-refractivity contribution is 6.00. The van der Waals surface area contributed by atoms with Crippen molar-refractivity contribution < 1.29 is 13.6 Å². The maximum Gasteiger partial charge on any atom is 0.339 e. The third-order valence-corrected chi connectivity index (χ3v) is 5.99. The summed E-state index contributed by atoms with van der Waals surface area (Å²) in [6, 6.07) is 2.05. The van der Waals surface area contributed by atoms with E-state index in [0.717, 1.165) is 64.7 Å². The van der Waals surface area contributed by atoms with Crippen LogP contribution >= 0.6 is 0 Å². The minimum Gasteiger partial charge on any atom is -0.461 e. The van der Waals surface area contributed by atoms with E-state index >= 15 is 0 Å². The average molecular weight is 367 g/mol. The molecule has 3 heterocycles. The number of furan rings is 1. The Labute approximate surface area is 157 Å². The van der Waals surface area contributed by atoms with Gasteiger partial charge in [-0.15, -0.1) is 0 Å². The summed E-state index contributed by atoms with van der Waals surface area (Å²) in [7, 11) is 0. The fourth-order valence-corrected chi connectivity index (χ4v) is 4.14. The smallest absolute Gasteiger partial charge is 0.339 e. The lowest BCUT2D eigenvalue weighted by Gasteiger charge is -2.15. The number of hydrogen-bond donors (Lipinski definition) is 0. The van der Waals surface area contributed by atoms with Crippen molar-refractivity contribution in [2.75, 3.05) is 13.1 Å². The molecule has 4 rings (SSSR count). The van der Waals surface area contributed by atoms with Crippen molar-refractivity contribution in [1.82, 2.24) is 4.90 Å². The maximum atomic E-state index is 12.6. The summed E-state index contributed by atoms with van der Waals surface area (Å²) in [6.45, 7) is 9.52. The summed E-state index contributed by atoms with van der Waals surface area (Å²) in [6.07, 6.45) is 2.91. The number of fused-ring (bicyclic) bond motifs is 2. The van der Waals surface area contributed by atoms with Gasteiger partial charge in [0.1, 0.15) is 16.9 Å². The first kappa shape index (κ1) is 17.8. The standard InChI is InChI=1S/C22H25NO4/c1-12-15(4)26-20-14(3)21-18(11-17(12)20)13(2)16(22(25)27-21)7-8-19(24)23-9-5-6-10-23/h11H,5-10H2,1-4H3. The second-order valence-electron chi connectivity index (χ2n) is 7.62. The van der Waals surface area contributed by atoms with E-state index in [9.17, 15) is 9.59 Å². The Balaban J connectivity index is 1.77. The van der Waals surface area contributed by atoms with Crippen molar-refractivity contribution in [2.24, 2.45) is 0 Å². The molecule has 0 unspecified atom stereocenters. The second-order valence-corrected chi connectivity index (χ2v) is 7.62. The second kappa shape index (κ2) is 6.55. The molecule has 142 valence electrons. The van der Waals surface area contributed by atoms with E-state index in [-0.39, 0.29) is 11.5 Å². The van der Waals surface area contributed by atoms with Gasteiger partial charge < -0.3 is 13.7 Å². The van der Waals surface area contributed by atoms with Crippen LogP contribution in [0.4, 0.5) is 0 Å². The van der Waals surface area contributed by atoms with E-state index in [1.807, 2.05) is 38.7 Å². The number of carbonyl (C=O) groups is 1. The van der Waals surface area contributed by atoms with Crippen molar-refractivity contribution in [1.29, 1.82) is 0 Å². The molecular formula is C22H25NO4. The predicted molar refractivity (Wildman–Crippen MR) is 105 cm³/mol. The van der Waals surface area contributed by atoms with Crippen LogP contribution in [0.2, 0.25) is 0 Å². The molecule has 27 heavy (non-hydrogen) atoms. The van der Waals surface area contributed by atoms with Crippen LogP contribution in [0.3, 0.4) is 0 Å². The SMILES string of the molecule is Cc1oc2c(C)c3oc(=O)c(CCC(=O)N4CCCC4)c(C)c3cc2c1C. The van der Waals surface area contributed by atoms with Gasteiger partial charge in [0.2, 0.25) is 5.91 Å². The Morgan fingerprint density at radius 2 is 1.59 bits per heavy atom. The fraction of sp³-hybridized carbons (Fsp3) is 0.455. The monoisotopic (exact) mass is 367 g/mol. The van der Waals surface area contributed by atoms with E-state index < -0.39 is 0 Å². The van der Waals surface area contributed by atoms with Crippen molar-refractivity contribution in [2.45, 2.75) is 53.4 Å². The van der Waals surface area contributed by atoms with Gasteiger partial charge in [-0.1, -0.05) is 0 Å². The third kappa shape index (κ3) is 2.85. The van der Waals surface area contributed by atoms with E-state index in [1.54, 1.807) is 0 Å². The molecule has 0 saturated carbocycles. The summed E-state index contributed by atoms with van der Waals surface area (Å²) >= 11 is 0. The van der Waals surface area contributed by atoms with Crippen LogP contribution in [-0.4, -0.2) is 23.9 Å². The lowest BCUT2D eigenvalue weighted by Crippen LogP contribution is -2.28. The van der Waals surface area contributed by atoms with Crippen LogP contribution in [0.25, 0.3) is 21.9 Å². The summed E-state index contributed by atoms with van der Waals surface area (Å²) in [5, 5.41) is 1.97. The molecule has 5 nitrogen and oxygen atoms in total. The van der Waals surface area contributed by atoms with E-state index in [1.165, 1.54) is 0 Å². The van der Waals surface area contributed by atoms with Gasteiger partial charge >= 0.3 is 5.63 Å². The van der Waals surface area contributed by atoms with Crippen molar-refractivity contribution >= 4 is 27.8 Å². The third-order valence-electron chi connectivity index (χ3n) is 5.99. The highest BCUT2D eigenvalue weighted by Gasteiger charge is 2.21. The molecule has 0 N–H and O–H groups in total. The van der Waals surface area contributed by atoms with E-state index in [2.05, 4.69) is 0 Å². The molecule has 0 atom stereocenters. The minimum atomic E-state index is -0.350. The molecule has 1 aliphatic rings. The van der Waals surface area contributed by atoms with Crippen LogP contribution in [0, 0.1) is 27.7 Å². The van der Waals surface area contributed by atoms with Gasteiger partial charge in [0.25, 0.3) is 0 Å². The van der Waals surface area contributed by atoms with Crippen molar-refractivity contribution in [3.05, 3.63) is 44.5 Å². The van der Waals surface area contributed by atoms with Crippen LogP contribution in [0.1, 0.15) is 47.3 Å². The minimum absolute atomic E-state index is 0.124. The largest absolute Gasteiger partial charge is 0.461 e. The Bertz CT molecular complexity index is 1110. The molecule has 1 amide bonds. The average Bonchev–Trinajstić information content (AvgIpc) is 3.26. The van der Waals surface area contributed by atoms with E-state index in [4.69, 9.17) is 8.83 Å². The van der Waals surface area contributed by atoms with Crippen LogP contribution in [0.15, 0.2) is 19.7 Å². The molecule has 5 heteroatoms. The number of likely N-dealkylation sites (tertiary alicyclic amines) is 1. The Kier molecular flexibility index (Phi) is 4.33. The number of nitrogens with zero attached hydrogens (tertiary/aromatic N) is 1. The number of hydrogen-bond acceptors (Lipinski definition) is 4. The number of aryl methyl sites for hydroxylation is 4. The highest BCUT2D eigenvalue weighted by Crippen LogP contribution is 2.34. The first-order valence-electron chi connectivity index (χ1n) is 9.62. The highest BCUT2D eigenvalue weighted by atomic mass is 16.4. The molecule has 1 aliphatic heterocycles. The number of carbonyl (C=O) groups excluding carboxylic acids is 1. The number of benzene rings is 1. The molecule has 0 bridgehead atoms. The molecule has 1 fully saturated rings. The fourth-order valence-electron chi connectivity index (χ4n) is 4.14. The number of amides is 1. The molecule has 1 saturated heterocycles. The Morgan fingerprint density at radius 3 is 2.30 bits per heavy atom. The topological polar surface area (TPSA) is 63.7 Å². The predicted octanol–water partition coefficient (Wildman–Crippen LogP) is 4.33. The van der Waals surface area contributed by atoms with Crippen molar-refractivity contribution in [3.63, 3.8) is 0 Å². The van der Waals surface area contributed by atoms with Gasteiger partial charge in [-0.25, -0.2) is 4.79 Å². The van der Waals surface area contributed by atoms with Crippen LogP contribution in [0.5, 0.6) is 0 Å². The summed E-state index contributed by atoms with van der Waals surface area (Å²) < 4.78 is 11.6. The van der Waals surface area contributed by atoms with Gasteiger partial charge in [-0.3, -0.25) is 4.79 Å². The molecule has 1 aromatic carbocycles. The van der Waals surface area contributed by atoms with E-state index in [0.29, 0.717) is 24.0 Å². The first-order chi connectivity index (χ1) is 12.9. The normalized spacial score (nSPS) is 14.6. The molecule has 2 aromatic heterocycles. The summed E-state index contributed by atoms with van der Waals surface area (Å²) in [5.41, 5.74) is 4.46. The zero-order valence-corrected chi connectivity index (χ0v) is 16.4. The Morgan fingerprint density at radius 1 is 0.963 bits per heavy atom. The van der Waals surface area contributed by atoms with Crippen LogP contribution < -0.4 is 5.63 Å². The van der Waals surface area contributed by atoms with Gasteiger partial charge in [-0.05, 0) is 64.2 Å². The van der Waals surface area contributed by atoms with Crippen molar-refractivity contribution in [3.8, 4) is 0 Å². The zero-order valence-electron chi connectivity index (χ0n) is 16.4. The first-order valence-corrected chi connectivity index (χ1v) is 9.62. The van der Waals surface area contributed by atoms with Gasteiger partial charge in [0.15, 0.2) is 0 Å². The number of rotatable bonds is 3. The lowest BCUT2D eigenvalue weighted by atomic mass is 9.98. The van der Waals surface area contributed by atoms with Gasteiger partial charge in [0.05, 0.1) is 0 Å². The molecule has 0 radical (unpaired) electrons. The Hall–Kier alpha value is -2.56. The lowest BCUT2D eigenvalue weighted by molar-refractivity contribution is -0.130. The molecule has 0 spiro atoms. The zero-order chi connectivity index (χ0) is 19.3. The van der Waals surface area contributed by atoms with Crippen LogP contribution in [-0.2, 0) is 11.2 Å². The molecule has 0 aliphatic carbocycles. The molecular weight excluding hydrogens is 342 g/mol. The quantitative estimate of drug-likeness (QED) is 0.647. The van der Waals surface area contributed by atoms with Gasteiger partial charge in [-0.2, -0.15) is 0 Å². The van der Waals surface area contributed by atoms with Gasteiger partial charge in [0, 0.05) is 41.4 Å². The summed E-state index contributed by atoms with van der Waals surface area (Å²) in [5.74, 6) is 0.999. The maximum absolute atomic E-state index is 12.6. The molecule has 3 aromatic rings.